The predicted octanol–water partition coefficient (Wildman–Crippen LogP) is 3.75. The molecule has 1 heterocycles. The first-order valence-corrected chi connectivity index (χ1v) is 10.9. The normalized spacial score (nSPS) is 18.7. The minimum atomic E-state index is -0.0337. The molecule has 1 N–H and O–H groups in total. The van der Waals surface area contributed by atoms with E-state index in [-0.39, 0.29) is 11.8 Å². The summed E-state index contributed by atoms with van der Waals surface area (Å²) in [6.07, 6.45) is 4.65. The lowest BCUT2D eigenvalue weighted by molar-refractivity contribution is -0.132. The summed E-state index contributed by atoms with van der Waals surface area (Å²) in [5.41, 5.74) is 2.90. The fraction of sp³-hybridized carbons (Fsp3) is 0.440. The molecule has 2 aromatic rings. The molecule has 4 rings (SSSR count). The van der Waals surface area contributed by atoms with Crippen molar-refractivity contribution in [2.45, 2.75) is 45.1 Å². The summed E-state index contributed by atoms with van der Waals surface area (Å²) in [6.45, 7) is 4.15. The van der Waals surface area contributed by atoms with Gasteiger partial charge in [-0.25, -0.2) is 0 Å². The first-order valence-electron chi connectivity index (χ1n) is 10.9. The van der Waals surface area contributed by atoms with Gasteiger partial charge in [-0.2, -0.15) is 0 Å². The summed E-state index contributed by atoms with van der Waals surface area (Å²) in [5, 5.41) is 3.01. The van der Waals surface area contributed by atoms with E-state index in [4.69, 9.17) is 4.74 Å². The molecular formula is C25H30N2O3. The largest absolute Gasteiger partial charge is 0.493 e. The van der Waals surface area contributed by atoms with Crippen LogP contribution >= 0.6 is 0 Å². The van der Waals surface area contributed by atoms with Gasteiger partial charge in [0.05, 0.1) is 13.0 Å². The maximum atomic E-state index is 12.8. The maximum Gasteiger partial charge on any atom is 0.251 e. The number of rotatable bonds is 7. The minimum Gasteiger partial charge on any atom is -0.493 e. The second-order valence-corrected chi connectivity index (χ2v) is 8.54. The number of likely N-dealkylation sites (tertiary alicyclic amines) is 1. The Kier molecular flexibility index (Phi) is 6.36. The standard InChI is InChI=1S/C25H30N2O3/c1-18-6-2-3-8-20(18)15-24(28)27-13-5-7-19(16-27)17-30-23-10-4-9-21(14-23)25(29)26-22-11-12-22/h2-4,6,8-10,14,19,22H,5,7,11-13,15-17H2,1H3,(H,26,29). The van der Waals surface area contributed by atoms with Crippen LogP contribution in [0.25, 0.3) is 0 Å². The molecule has 0 bridgehead atoms. The molecule has 30 heavy (non-hydrogen) atoms. The molecule has 158 valence electrons. The molecule has 1 saturated heterocycles. The molecule has 1 aliphatic carbocycles. The summed E-state index contributed by atoms with van der Waals surface area (Å²) >= 11 is 0. The van der Waals surface area contributed by atoms with Crippen LogP contribution in [0.5, 0.6) is 5.75 Å². The van der Waals surface area contributed by atoms with Crippen molar-refractivity contribution in [2.75, 3.05) is 19.7 Å². The summed E-state index contributed by atoms with van der Waals surface area (Å²) in [6, 6.07) is 15.8. The van der Waals surface area contributed by atoms with E-state index >= 15 is 0 Å². The van der Waals surface area contributed by atoms with Crippen molar-refractivity contribution in [1.82, 2.24) is 10.2 Å². The average Bonchev–Trinajstić information content (AvgIpc) is 3.58. The van der Waals surface area contributed by atoms with Crippen LogP contribution in [-0.4, -0.2) is 42.5 Å². The topological polar surface area (TPSA) is 58.6 Å². The monoisotopic (exact) mass is 406 g/mol. The van der Waals surface area contributed by atoms with E-state index in [2.05, 4.69) is 18.3 Å². The average molecular weight is 407 g/mol. The minimum absolute atomic E-state index is 0.0337. The van der Waals surface area contributed by atoms with Crippen molar-refractivity contribution in [3.05, 3.63) is 65.2 Å². The summed E-state index contributed by atoms with van der Waals surface area (Å²) < 4.78 is 6.00. The summed E-state index contributed by atoms with van der Waals surface area (Å²) in [7, 11) is 0. The van der Waals surface area contributed by atoms with Gasteiger partial charge in [-0.1, -0.05) is 30.3 Å². The molecule has 2 aliphatic rings. The van der Waals surface area contributed by atoms with Gasteiger partial charge in [0.2, 0.25) is 5.91 Å². The number of hydrogen-bond acceptors (Lipinski definition) is 3. The van der Waals surface area contributed by atoms with Crippen LogP contribution in [0.4, 0.5) is 0 Å². The van der Waals surface area contributed by atoms with E-state index in [1.807, 2.05) is 47.4 Å². The molecule has 5 heteroatoms. The lowest BCUT2D eigenvalue weighted by atomic mass is 9.97. The molecule has 1 aliphatic heterocycles. The van der Waals surface area contributed by atoms with Crippen molar-refractivity contribution in [3.63, 3.8) is 0 Å². The Labute approximate surface area is 178 Å². The van der Waals surface area contributed by atoms with Crippen LogP contribution in [0.1, 0.15) is 47.2 Å². The third-order valence-electron chi connectivity index (χ3n) is 5.97. The molecule has 1 atom stereocenters. The number of hydrogen-bond donors (Lipinski definition) is 1. The molecular weight excluding hydrogens is 376 g/mol. The molecule has 2 fully saturated rings. The highest BCUT2D eigenvalue weighted by Crippen LogP contribution is 2.22. The number of ether oxygens (including phenoxy) is 1. The quantitative estimate of drug-likeness (QED) is 0.762. The van der Waals surface area contributed by atoms with E-state index in [0.717, 1.165) is 49.9 Å². The van der Waals surface area contributed by atoms with Gasteiger partial charge in [-0.15, -0.1) is 0 Å². The molecule has 2 aromatic carbocycles. The number of carbonyl (C=O) groups excluding carboxylic acids is 2. The lowest BCUT2D eigenvalue weighted by Gasteiger charge is -2.33. The number of piperidine rings is 1. The van der Waals surface area contributed by atoms with Crippen LogP contribution in [0.2, 0.25) is 0 Å². The first kappa shape index (κ1) is 20.5. The molecule has 0 aromatic heterocycles. The first-order chi connectivity index (χ1) is 14.6. The second-order valence-electron chi connectivity index (χ2n) is 8.54. The van der Waals surface area contributed by atoms with Crippen LogP contribution in [0, 0.1) is 12.8 Å². The van der Waals surface area contributed by atoms with Gasteiger partial charge in [-0.05, 0) is 61.9 Å². The lowest BCUT2D eigenvalue weighted by Crippen LogP contribution is -2.42. The van der Waals surface area contributed by atoms with Crippen LogP contribution in [-0.2, 0) is 11.2 Å². The fourth-order valence-electron chi connectivity index (χ4n) is 3.95. The van der Waals surface area contributed by atoms with Crippen molar-refractivity contribution >= 4 is 11.8 Å². The van der Waals surface area contributed by atoms with Crippen molar-refractivity contribution in [3.8, 4) is 5.75 Å². The number of aryl methyl sites for hydroxylation is 1. The number of carbonyl (C=O) groups is 2. The van der Waals surface area contributed by atoms with E-state index in [1.165, 1.54) is 0 Å². The summed E-state index contributed by atoms with van der Waals surface area (Å²) in [4.78, 5) is 27.0. The Hall–Kier alpha value is -2.82. The molecule has 0 spiro atoms. The van der Waals surface area contributed by atoms with Crippen molar-refractivity contribution in [1.29, 1.82) is 0 Å². The fourth-order valence-corrected chi connectivity index (χ4v) is 3.95. The highest BCUT2D eigenvalue weighted by Gasteiger charge is 2.25. The van der Waals surface area contributed by atoms with E-state index in [1.54, 1.807) is 0 Å². The number of nitrogens with zero attached hydrogens (tertiary/aromatic N) is 1. The number of nitrogens with one attached hydrogen (secondary N) is 1. The molecule has 1 unspecified atom stereocenters. The smallest absolute Gasteiger partial charge is 0.251 e. The van der Waals surface area contributed by atoms with Gasteiger partial charge in [0.1, 0.15) is 5.75 Å². The number of amides is 2. The summed E-state index contributed by atoms with van der Waals surface area (Å²) in [5.74, 6) is 1.17. The predicted molar refractivity (Wildman–Crippen MR) is 117 cm³/mol. The molecule has 2 amide bonds. The number of benzene rings is 2. The van der Waals surface area contributed by atoms with Crippen molar-refractivity contribution < 1.29 is 14.3 Å². The zero-order valence-electron chi connectivity index (χ0n) is 17.6. The molecule has 5 nitrogen and oxygen atoms in total. The third-order valence-corrected chi connectivity index (χ3v) is 5.97. The van der Waals surface area contributed by atoms with Gasteiger partial charge in [0, 0.05) is 30.6 Å². The third kappa shape index (κ3) is 5.41. The van der Waals surface area contributed by atoms with Gasteiger partial charge >= 0.3 is 0 Å². The van der Waals surface area contributed by atoms with Gasteiger partial charge in [0.15, 0.2) is 0 Å². The molecule has 0 radical (unpaired) electrons. The highest BCUT2D eigenvalue weighted by atomic mass is 16.5. The Morgan fingerprint density at radius 2 is 1.93 bits per heavy atom. The SMILES string of the molecule is Cc1ccccc1CC(=O)N1CCCC(COc2cccc(C(=O)NC3CC3)c2)C1. The van der Waals surface area contributed by atoms with Crippen LogP contribution in [0.3, 0.4) is 0 Å². The van der Waals surface area contributed by atoms with Crippen LogP contribution in [0.15, 0.2) is 48.5 Å². The second kappa shape index (κ2) is 9.33. The Morgan fingerprint density at radius 3 is 2.73 bits per heavy atom. The highest BCUT2D eigenvalue weighted by molar-refractivity contribution is 5.94. The Balaban J connectivity index is 1.29. The van der Waals surface area contributed by atoms with E-state index in [9.17, 15) is 9.59 Å². The Morgan fingerprint density at radius 1 is 1.10 bits per heavy atom. The zero-order chi connectivity index (χ0) is 20.9. The Bertz CT molecular complexity index is 907. The van der Waals surface area contributed by atoms with E-state index < -0.39 is 0 Å². The van der Waals surface area contributed by atoms with E-state index in [0.29, 0.717) is 36.3 Å². The van der Waals surface area contributed by atoms with Gasteiger partial charge in [0.25, 0.3) is 5.91 Å². The molecule has 1 saturated carbocycles. The maximum absolute atomic E-state index is 12.8. The van der Waals surface area contributed by atoms with Crippen LogP contribution < -0.4 is 10.1 Å². The van der Waals surface area contributed by atoms with Gasteiger partial charge < -0.3 is 15.0 Å². The van der Waals surface area contributed by atoms with Gasteiger partial charge in [-0.3, -0.25) is 9.59 Å². The van der Waals surface area contributed by atoms with Crippen molar-refractivity contribution in [2.24, 2.45) is 5.92 Å². The zero-order valence-corrected chi connectivity index (χ0v) is 17.6.